The van der Waals surface area contributed by atoms with E-state index in [2.05, 4.69) is 29.5 Å². The second kappa shape index (κ2) is 4.94. The third kappa shape index (κ3) is 2.98. The third-order valence-corrected chi connectivity index (χ3v) is 3.10. The van der Waals surface area contributed by atoms with Gasteiger partial charge in [0.15, 0.2) is 0 Å². The van der Waals surface area contributed by atoms with Gasteiger partial charge in [-0.2, -0.15) is 0 Å². The number of aromatic nitrogens is 1. The second-order valence-corrected chi connectivity index (χ2v) is 5.15. The molecule has 0 unspecified atom stereocenters. The Morgan fingerprint density at radius 3 is 2.83 bits per heavy atom. The number of primary amides is 1. The lowest BCUT2D eigenvalue weighted by molar-refractivity contribution is 0.248. The summed E-state index contributed by atoms with van der Waals surface area (Å²) in [5.41, 5.74) is 7.18. The molecular formula is C13H20N4O. The monoisotopic (exact) mass is 248 g/mol. The summed E-state index contributed by atoms with van der Waals surface area (Å²) in [7, 11) is 0. The average molecular weight is 248 g/mol. The first kappa shape index (κ1) is 12.8. The van der Waals surface area contributed by atoms with Crippen LogP contribution < -0.4 is 16.4 Å². The summed E-state index contributed by atoms with van der Waals surface area (Å²) in [6.07, 6.45) is 4.02. The lowest BCUT2D eigenvalue weighted by Crippen LogP contribution is -2.35. The van der Waals surface area contributed by atoms with Crippen LogP contribution in [-0.4, -0.2) is 17.1 Å². The molecule has 4 N–H and O–H groups in total. The van der Waals surface area contributed by atoms with Crippen molar-refractivity contribution in [1.82, 2.24) is 15.6 Å². The van der Waals surface area contributed by atoms with Crippen LogP contribution in [0.1, 0.15) is 37.9 Å². The Labute approximate surface area is 107 Å². The number of hydrogen-bond donors (Lipinski definition) is 3. The molecule has 0 atom stereocenters. The zero-order valence-corrected chi connectivity index (χ0v) is 10.9. The van der Waals surface area contributed by atoms with Gasteiger partial charge in [-0.3, -0.25) is 4.98 Å². The highest BCUT2D eigenvalue weighted by atomic mass is 16.2. The summed E-state index contributed by atoms with van der Waals surface area (Å²) in [6.45, 7) is 4.72. The molecule has 5 nitrogen and oxygen atoms in total. The number of pyridine rings is 1. The van der Waals surface area contributed by atoms with Gasteiger partial charge < -0.3 is 16.4 Å². The van der Waals surface area contributed by atoms with Crippen LogP contribution in [0.2, 0.25) is 0 Å². The Morgan fingerprint density at radius 1 is 1.56 bits per heavy atom. The maximum atomic E-state index is 10.7. The Morgan fingerprint density at radius 2 is 2.28 bits per heavy atom. The number of rotatable bonds is 5. The molecule has 0 radical (unpaired) electrons. The molecule has 0 spiro atoms. The topological polar surface area (TPSA) is 80.0 Å². The largest absolute Gasteiger partial charge is 0.352 e. The van der Waals surface area contributed by atoms with E-state index in [4.69, 9.17) is 5.73 Å². The Bertz CT molecular complexity index is 440. The van der Waals surface area contributed by atoms with Crippen LogP contribution in [0, 0.1) is 0 Å². The number of nitrogens with two attached hydrogens (primary N) is 1. The molecule has 1 fully saturated rings. The molecule has 2 amide bonds. The highest BCUT2D eigenvalue weighted by Crippen LogP contribution is 2.45. The summed E-state index contributed by atoms with van der Waals surface area (Å²) in [5, 5.41) is 6.16. The van der Waals surface area contributed by atoms with Gasteiger partial charge >= 0.3 is 6.03 Å². The first-order valence-corrected chi connectivity index (χ1v) is 6.28. The average Bonchev–Trinajstić information content (AvgIpc) is 3.07. The van der Waals surface area contributed by atoms with Crippen LogP contribution in [0.3, 0.4) is 0 Å². The van der Waals surface area contributed by atoms with E-state index in [9.17, 15) is 4.79 Å². The minimum absolute atomic E-state index is 0.0386. The fraction of sp³-hybridized carbons (Fsp3) is 0.538. The zero-order chi connectivity index (χ0) is 13.2. The highest BCUT2D eigenvalue weighted by molar-refractivity contribution is 5.71. The van der Waals surface area contributed by atoms with Gasteiger partial charge in [-0.05, 0) is 44.4 Å². The predicted molar refractivity (Wildman–Crippen MR) is 69.8 cm³/mol. The van der Waals surface area contributed by atoms with Crippen molar-refractivity contribution in [3.8, 4) is 0 Å². The molecule has 98 valence electrons. The van der Waals surface area contributed by atoms with Gasteiger partial charge in [0, 0.05) is 18.8 Å². The molecule has 1 heterocycles. The van der Waals surface area contributed by atoms with Gasteiger partial charge in [-0.1, -0.05) is 0 Å². The number of hydrogen-bond acceptors (Lipinski definition) is 3. The minimum atomic E-state index is -0.505. The summed E-state index contributed by atoms with van der Waals surface area (Å²) < 4.78 is 0. The fourth-order valence-corrected chi connectivity index (χ4v) is 2.19. The van der Waals surface area contributed by atoms with Crippen molar-refractivity contribution in [2.45, 2.75) is 44.8 Å². The first-order chi connectivity index (χ1) is 8.52. The van der Waals surface area contributed by atoms with Crippen molar-refractivity contribution in [1.29, 1.82) is 0 Å². The molecule has 18 heavy (non-hydrogen) atoms. The van der Waals surface area contributed by atoms with E-state index in [-0.39, 0.29) is 5.54 Å². The molecule has 1 aliphatic carbocycles. The van der Waals surface area contributed by atoms with Crippen molar-refractivity contribution < 1.29 is 4.79 Å². The van der Waals surface area contributed by atoms with Gasteiger partial charge in [0.25, 0.3) is 0 Å². The normalized spacial score (nSPS) is 16.6. The molecule has 0 saturated heterocycles. The number of urea groups is 1. The molecule has 0 bridgehead atoms. The Kier molecular flexibility index (Phi) is 3.52. The minimum Gasteiger partial charge on any atom is -0.352 e. The summed E-state index contributed by atoms with van der Waals surface area (Å²) in [4.78, 5) is 15.1. The van der Waals surface area contributed by atoms with Crippen LogP contribution in [0.5, 0.6) is 0 Å². The molecule has 1 aliphatic rings. The van der Waals surface area contributed by atoms with Crippen LogP contribution in [0.25, 0.3) is 0 Å². The first-order valence-electron chi connectivity index (χ1n) is 6.28. The summed E-state index contributed by atoms with van der Waals surface area (Å²) >= 11 is 0. The Balaban J connectivity index is 2.10. The molecule has 1 aromatic rings. The van der Waals surface area contributed by atoms with Crippen molar-refractivity contribution in [3.63, 3.8) is 0 Å². The van der Waals surface area contributed by atoms with Crippen molar-refractivity contribution in [3.05, 3.63) is 29.6 Å². The number of amides is 2. The summed E-state index contributed by atoms with van der Waals surface area (Å²) in [5.74, 6) is 0. The number of nitrogens with zero attached hydrogens (tertiary/aromatic N) is 1. The zero-order valence-electron chi connectivity index (χ0n) is 10.9. The summed E-state index contributed by atoms with van der Waals surface area (Å²) in [6, 6.07) is 3.86. The predicted octanol–water partition coefficient (Wildman–Crippen LogP) is 1.24. The SMILES string of the molecule is CC(C)NC1(c2cc(CNC(N)=O)ccn2)CC1. The van der Waals surface area contributed by atoms with E-state index < -0.39 is 6.03 Å². The molecule has 1 saturated carbocycles. The van der Waals surface area contributed by atoms with Crippen molar-refractivity contribution in [2.24, 2.45) is 5.73 Å². The molecule has 0 aromatic carbocycles. The molecule has 1 aromatic heterocycles. The van der Waals surface area contributed by atoms with E-state index in [1.54, 1.807) is 6.20 Å². The lowest BCUT2D eigenvalue weighted by atomic mass is 10.1. The number of carbonyl (C=O) groups is 1. The van der Waals surface area contributed by atoms with E-state index in [1.807, 2.05) is 12.1 Å². The van der Waals surface area contributed by atoms with Crippen LogP contribution in [0.15, 0.2) is 18.3 Å². The Hall–Kier alpha value is -1.62. The standard InChI is InChI=1S/C13H20N4O/c1-9(2)17-13(4-5-13)11-7-10(3-6-15-11)8-16-12(14)18/h3,6-7,9,17H,4-5,8H2,1-2H3,(H3,14,16,18). The van der Waals surface area contributed by atoms with Crippen LogP contribution in [0.4, 0.5) is 4.79 Å². The molecular weight excluding hydrogens is 228 g/mol. The number of carbonyl (C=O) groups excluding carboxylic acids is 1. The van der Waals surface area contributed by atoms with Crippen LogP contribution >= 0.6 is 0 Å². The smallest absolute Gasteiger partial charge is 0.312 e. The van der Waals surface area contributed by atoms with Crippen molar-refractivity contribution in [2.75, 3.05) is 0 Å². The van der Waals surface area contributed by atoms with E-state index in [0.29, 0.717) is 12.6 Å². The van der Waals surface area contributed by atoms with Gasteiger partial charge in [-0.15, -0.1) is 0 Å². The van der Waals surface area contributed by atoms with E-state index >= 15 is 0 Å². The highest BCUT2D eigenvalue weighted by Gasteiger charge is 2.45. The quantitative estimate of drug-likeness (QED) is 0.733. The van der Waals surface area contributed by atoms with Gasteiger partial charge in [-0.25, -0.2) is 4.79 Å². The van der Waals surface area contributed by atoms with Crippen molar-refractivity contribution >= 4 is 6.03 Å². The molecule has 0 aliphatic heterocycles. The molecule has 2 rings (SSSR count). The maximum Gasteiger partial charge on any atom is 0.312 e. The maximum absolute atomic E-state index is 10.7. The van der Waals surface area contributed by atoms with E-state index in [0.717, 1.165) is 24.1 Å². The third-order valence-electron chi connectivity index (χ3n) is 3.10. The van der Waals surface area contributed by atoms with Gasteiger partial charge in [0.05, 0.1) is 11.2 Å². The number of nitrogens with one attached hydrogen (secondary N) is 2. The van der Waals surface area contributed by atoms with Crippen LogP contribution in [-0.2, 0) is 12.1 Å². The second-order valence-electron chi connectivity index (χ2n) is 5.15. The fourth-order valence-electron chi connectivity index (χ4n) is 2.19. The lowest BCUT2D eigenvalue weighted by Gasteiger charge is -2.20. The van der Waals surface area contributed by atoms with E-state index in [1.165, 1.54) is 0 Å². The van der Waals surface area contributed by atoms with Gasteiger partial charge in [0.2, 0.25) is 0 Å². The molecule has 5 heteroatoms. The van der Waals surface area contributed by atoms with Gasteiger partial charge in [0.1, 0.15) is 0 Å².